The Morgan fingerprint density at radius 3 is 2.33 bits per heavy atom. The zero-order valence-corrected chi connectivity index (χ0v) is 5.63. The van der Waals surface area contributed by atoms with Gasteiger partial charge in [-0.15, -0.1) is 10.2 Å². The number of aromatic carboxylic acids is 2. The van der Waals surface area contributed by atoms with Crippen LogP contribution in [0.1, 0.15) is 20.8 Å². The van der Waals surface area contributed by atoms with Gasteiger partial charge in [0.2, 0.25) is 0 Å². The van der Waals surface area contributed by atoms with Gasteiger partial charge in [0.05, 0.1) is 6.20 Å². The number of carboxylic acid groups (broad SMARTS) is 2. The van der Waals surface area contributed by atoms with Gasteiger partial charge in [-0.1, -0.05) is 0 Å². The number of carbonyl (C=O) groups is 2. The first-order valence-corrected chi connectivity index (χ1v) is 2.78. The van der Waals surface area contributed by atoms with Gasteiger partial charge in [-0.25, -0.2) is 9.59 Å². The molecule has 7 heteroatoms. The van der Waals surface area contributed by atoms with E-state index in [0.29, 0.717) is 0 Å². The minimum atomic E-state index is -1.44. The minimum Gasteiger partial charge on any atom is -0.478 e. The Labute approximate surface area is 65.7 Å². The lowest BCUT2D eigenvalue weighted by Gasteiger charge is -1.95. The van der Waals surface area contributed by atoms with Gasteiger partial charge < -0.3 is 10.2 Å². The van der Waals surface area contributed by atoms with Crippen LogP contribution in [0.15, 0.2) is 6.20 Å². The van der Waals surface area contributed by atoms with Gasteiger partial charge in [-0.3, -0.25) is 0 Å². The first-order chi connectivity index (χ1) is 5.63. The summed E-state index contributed by atoms with van der Waals surface area (Å²) in [6.45, 7) is 0. The molecule has 0 fully saturated rings. The van der Waals surface area contributed by atoms with Crippen LogP contribution in [0, 0.1) is 0 Å². The van der Waals surface area contributed by atoms with Crippen molar-refractivity contribution in [3.63, 3.8) is 0 Å². The largest absolute Gasteiger partial charge is 0.478 e. The summed E-state index contributed by atoms with van der Waals surface area (Å²) in [5.41, 5.74) is -1.09. The summed E-state index contributed by atoms with van der Waals surface area (Å²) >= 11 is 0. The van der Waals surface area contributed by atoms with Gasteiger partial charge in [-0.2, -0.15) is 0 Å². The first-order valence-electron chi connectivity index (χ1n) is 2.78. The highest BCUT2D eigenvalue weighted by atomic mass is 16.4. The summed E-state index contributed by atoms with van der Waals surface area (Å²) in [5.74, 6) is -2.84. The van der Waals surface area contributed by atoms with Crippen LogP contribution >= 0.6 is 0 Å². The van der Waals surface area contributed by atoms with Crippen molar-refractivity contribution in [3.05, 3.63) is 17.5 Å². The van der Waals surface area contributed by atoms with Crippen LogP contribution in [-0.4, -0.2) is 37.6 Å². The molecule has 1 rings (SSSR count). The summed E-state index contributed by atoms with van der Waals surface area (Å²) in [6.07, 6.45) is 0.832. The molecule has 0 bridgehead atoms. The lowest BCUT2D eigenvalue weighted by Crippen LogP contribution is -2.12. The second-order valence-electron chi connectivity index (χ2n) is 1.81. The molecule has 0 unspecified atom stereocenters. The second kappa shape index (κ2) is 2.91. The van der Waals surface area contributed by atoms with Crippen LogP contribution in [0.25, 0.3) is 0 Å². The maximum atomic E-state index is 10.4. The molecule has 0 aromatic carbocycles. The van der Waals surface area contributed by atoms with Gasteiger partial charge in [-0.05, 0) is 5.21 Å². The zero-order valence-electron chi connectivity index (χ0n) is 5.63. The van der Waals surface area contributed by atoms with Crippen molar-refractivity contribution in [2.24, 2.45) is 0 Å². The van der Waals surface area contributed by atoms with Crippen molar-refractivity contribution in [2.45, 2.75) is 0 Å². The van der Waals surface area contributed by atoms with Crippen LogP contribution in [-0.2, 0) is 0 Å². The molecular weight excluding hydrogens is 166 g/mol. The van der Waals surface area contributed by atoms with E-state index in [4.69, 9.17) is 10.2 Å². The van der Waals surface area contributed by atoms with E-state index in [1.54, 1.807) is 0 Å². The van der Waals surface area contributed by atoms with Crippen LogP contribution in [0.4, 0.5) is 0 Å². The third-order valence-electron chi connectivity index (χ3n) is 1.07. The zero-order chi connectivity index (χ0) is 9.14. The van der Waals surface area contributed by atoms with Crippen molar-refractivity contribution in [3.8, 4) is 0 Å². The monoisotopic (exact) mass is 169 g/mol. The molecule has 0 spiro atoms. The molecule has 2 N–H and O–H groups in total. The molecule has 0 amide bonds. The fourth-order valence-corrected chi connectivity index (χ4v) is 0.584. The molecule has 0 atom stereocenters. The Balaban J connectivity index is 3.27. The first kappa shape index (κ1) is 8.05. The Hall–Kier alpha value is -2.05. The minimum absolute atomic E-state index is 0.475. The molecule has 0 aliphatic rings. The van der Waals surface area contributed by atoms with Crippen LogP contribution in [0.3, 0.4) is 0 Å². The molecule has 0 aliphatic heterocycles. The number of aromatic nitrogens is 3. The number of hydrogen-bond acceptors (Lipinski definition) is 5. The molecule has 7 nitrogen and oxygen atoms in total. The van der Waals surface area contributed by atoms with E-state index in [2.05, 4.69) is 15.4 Å². The van der Waals surface area contributed by atoms with Gasteiger partial charge in [0, 0.05) is 0 Å². The third kappa shape index (κ3) is 1.34. The van der Waals surface area contributed by atoms with E-state index in [0.717, 1.165) is 6.20 Å². The van der Waals surface area contributed by atoms with Gasteiger partial charge >= 0.3 is 11.9 Å². The smallest absolute Gasteiger partial charge is 0.357 e. The number of nitrogens with zero attached hydrogens (tertiary/aromatic N) is 3. The molecule has 1 aromatic rings. The summed E-state index contributed by atoms with van der Waals surface area (Å²) in [5, 5.41) is 26.1. The van der Waals surface area contributed by atoms with Gasteiger partial charge in [0.15, 0.2) is 5.69 Å². The van der Waals surface area contributed by atoms with Crippen molar-refractivity contribution >= 4 is 11.9 Å². The predicted molar refractivity (Wildman–Crippen MR) is 33.7 cm³/mol. The average molecular weight is 169 g/mol. The fraction of sp³-hybridized carbons (Fsp3) is 0. The average Bonchev–Trinajstić information content (AvgIpc) is 2.04. The highest BCUT2D eigenvalue weighted by Gasteiger charge is 2.17. The highest BCUT2D eigenvalue weighted by Crippen LogP contribution is 2.01. The molecular formula is C5H3N3O4. The quantitative estimate of drug-likeness (QED) is 0.599. The fourth-order valence-electron chi connectivity index (χ4n) is 0.584. The molecule has 1 heterocycles. The maximum absolute atomic E-state index is 10.4. The summed E-state index contributed by atoms with van der Waals surface area (Å²) in [4.78, 5) is 20.7. The number of hydrogen-bond donors (Lipinski definition) is 2. The summed E-state index contributed by atoms with van der Waals surface area (Å²) < 4.78 is 0. The summed E-state index contributed by atoms with van der Waals surface area (Å²) in [7, 11) is 0. The molecule has 62 valence electrons. The van der Waals surface area contributed by atoms with Crippen molar-refractivity contribution in [1.82, 2.24) is 15.4 Å². The standard InChI is InChI=1S/C5H3N3O4/c9-4(10)2-1-6-8-7-3(2)5(11)12/h1H,(H,9,10)(H,11,12). The van der Waals surface area contributed by atoms with E-state index >= 15 is 0 Å². The Morgan fingerprint density at radius 1 is 1.25 bits per heavy atom. The Morgan fingerprint density at radius 2 is 1.92 bits per heavy atom. The molecule has 1 aromatic heterocycles. The molecule has 0 saturated heterocycles. The van der Waals surface area contributed by atoms with Crippen molar-refractivity contribution < 1.29 is 19.8 Å². The molecule has 0 saturated carbocycles. The van der Waals surface area contributed by atoms with E-state index < -0.39 is 23.2 Å². The van der Waals surface area contributed by atoms with Gasteiger partial charge in [0.1, 0.15) is 5.56 Å². The predicted octanol–water partition coefficient (Wildman–Crippen LogP) is -0.732. The van der Waals surface area contributed by atoms with E-state index in [-0.39, 0.29) is 0 Å². The highest BCUT2D eigenvalue weighted by molar-refractivity contribution is 5.99. The molecule has 0 aliphatic carbocycles. The maximum Gasteiger partial charge on any atom is 0.357 e. The lowest BCUT2D eigenvalue weighted by molar-refractivity contribution is 0.0643. The normalized spacial score (nSPS) is 9.33. The molecule has 12 heavy (non-hydrogen) atoms. The Bertz CT molecular complexity index is 304. The third-order valence-corrected chi connectivity index (χ3v) is 1.07. The van der Waals surface area contributed by atoms with E-state index in [1.165, 1.54) is 0 Å². The van der Waals surface area contributed by atoms with E-state index in [1.807, 2.05) is 0 Å². The van der Waals surface area contributed by atoms with Crippen LogP contribution < -0.4 is 0 Å². The Kier molecular flexibility index (Phi) is 1.95. The van der Waals surface area contributed by atoms with Crippen LogP contribution in [0.2, 0.25) is 0 Å². The van der Waals surface area contributed by atoms with Crippen molar-refractivity contribution in [1.29, 1.82) is 0 Å². The van der Waals surface area contributed by atoms with Gasteiger partial charge in [0.25, 0.3) is 0 Å². The second-order valence-corrected chi connectivity index (χ2v) is 1.81. The van der Waals surface area contributed by atoms with E-state index in [9.17, 15) is 9.59 Å². The topological polar surface area (TPSA) is 113 Å². The SMILES string of the molecule is O=C(O)c1cnnnc1C(=O)O. The van der Waals surface area contributed by atoms with Crippen molar-refractivity contribution in [2.75, 3.05) is 0 Å². The summed E-state index contributed by atoms with van der Waals surface area (Å²) in [6, 6.07) is 0. The lowest BCUT2D eigenvalue weighted by atomic mass is 10.2. The number of rotatable bonds is 2. The van der Waals surface area contributed by atoms with Crippen LogP contribution in [0.5, 0.6) is 0 Å². The number of carboxylic acids is 2. The molecule has 0 radical (unpaired) electrons.